The molecule has 3 rings (SSSR count). The lowest BCUT2D eigenvalue weighted by molar-refractivity contribution is -0.137. The summed E-state index contributed by atoms with van der Waals surface area (Å²) in [7, 11) is 1.53. The highest BCUT2D eigenvalue weighted by Crippen LogP contribution is 2.34. The molecule has 0 bridgehead atoms. The molecule has 31 heavy (non-hydrogen) atoms. The zero-order valence-electron chi connectivity index (χ0n) is 16.5. The standard InChI is InChI=1S/C20H17F3N4O3S/c1-4-8-27-17(29)15(16(28)24-19(27)31)10-14-11(2)25-26(3)18(14)30-13-7-5-6-12(9-13)20(21,22)23/h4-7,9-10H,1,8H2,2-3H3,(H,24,28,31)/b15-10+. The number of aromatic nitrogens is 2. The minimum atomic E-state index is -4.54. The summed E-state index contributed by atoms with van der Waals surface area (Å²) < 4.78 is 46.0. The van der Waals surface area contributed by atoms with Crippen molar-refractivity contribution >= 4 is 35.2 Å². The lowest BCUT2D eigenvalue weighted by Crippen LogP contribution is -2.53. The molecule has 1 N–H and O–H groups in total. The molecular weight excluding hydrogens is 433 g/mol. The van der Waals surface area contributed by atoms with Crippen LogP contribution in [0.3, 0.4) is 0 Å². The number of aryl methyl sites for hydroxylation is 2. The van der Waals surface area contributed by atoms with E-state index in [0.717, 1.165) is 17.0 Å². The predicted molar refractivity (Wildman–Crippen MR) is 110 cm³/mol. The first-order chi connectivity index (χ1) is 14.5. The number of benzene rings is 1. The molecule has 0 aliphatic carbocycles. The van der Waals surface area contributed by atoms with Gasteiger partial charge in [-0.25, -0.2) is 4.68 Å². The minimum Gasteiger partial charge on any atom is -0.439 e. The van der Waals surface area contributed by atoms with E-state index < -0.39 is 23.6 Å². The predicted octanol–water partition coefficient (Wildman–Crippen LogP) is 3.35. The van der Waals surface area contributed by atoms with Gasteiger partial charge in [0.1, 0.15) is 11.3 Å². The van der Waals surface area contributed by atoms with E-state index in [-0.39, 0.29) is 34.4 Å². The van der Waals surface area contributed by atoms with Gasteiger partial charge in [-0.1, -0.05) is 12.1 Å². The molecule has 1 aliphatic rings. The minimum absolute atomic E-state index is 0.0459. The number of nitrogens with zero attached hydrogens (tertiary/aromatic N) is 3. The van der Waals surface area contributed by atoms with Gasteiger partial charge >= 0.3 is 6.18 Å². The van der Waals surface area contributed by atoms with Crippen LogP contribution < -0.4 is 10.1 Å². The molecule has 0 radical (unpaired) electrons. The number of rotatable bonds is 5. The molecule has 1 saturated heterocycles. The number of hydrogen-bond donors (Lipinski definition) is 1. The second-order valence-corrected chi connectivity index (χ2v) is 6.96. The van der Waals surface area contributed by atoms with Gasteiger partial charge in [0.2, 0.25) is 5.88 Å². The second-order valence-electron chi connectivity index (χ2n) is 6.58. The van der Waals surface area contributed by atoms with E-state index in [4.69, 9.17) is 17.0 Å². The normalized spacial score (nSPS) is 16.0. The van der Waals surface area contributed by atoms with E-state index in [2.05, 4.69) is 17.0 Å². The molecule has 1 aliphatic heterocycles. The van der Waals surface area contributed by atoms with Gasteiger partial charge in [-0.15, -0.1) is 6.58 Å². The summed E-state index contributed by atoms with van der Waals surface area (Å²) in [6, 6.07) is 4.34. The summed E-state index contributed by atoms with van der Waals surface area (Å²) in [6.45, 7) is 5.26. The molecule has 0 unspecified atom stereocenters. The van der Waals surface area contributed by atoms with Crippen LogP contribution in [-0.2, 0) is 22.8 Å². The molecule has 0 atom stereocenters. The Balaban J connectivity index is 2.03. The number of hydrogen-bond acceptors (Lipinski definition) is 5. The smallest absolute Gasteiger partial charge is 0.416 e. The molecule has 2 amide bonds. The Labute approximate surface area is 180 Å². The van der Waals surface area contributed by atoms with Crippen molar-refractivity contribution in [1.29, 1.82) is 0 Å². The monoisotopic (exact) mass is 450 g/mol. The Morgan fingerprint density at radius 2 is 2.03 bits per heavy atom. The van der Waals surface area contributed by atoms with E-state index in [1.807, 2.05) is 0 Å². The Morgan fingerprint density at radius 3 is 2.68 bits per heavy atom. The highest BCUT2D eigenvalue weighted by atomic mass is 32.1. The average molecular weight is 450 g/mol. The lowest BCUT2D eigenvalue weighted by Gasteiger charge is -2.27. The van der Waals surface area contributed by atoms with Crippen LogP contribution in [0.2, 0.25) is 0 Å². The Bertz CT molecular complexity index is 1120. The molecular formula is C20H17F3N4O3S. The molecule has 1 fully saturated rings. The number of carbonyl (C=O) groups excluding carboxylic acids is 2. The van der Waals surface area contributed by atoms with Crippen molar-refractivity contribution in [3.63, 3.8) is 0 Å². The maximum Gasteiger partial charge on any atom is 0.416 e. The molecule has 1 aromatic carbocycles. The van der Waals surface area contributed by atoms with Crippen molar-refractivity contribution in [3.05, 3.63) is 59.3 Å². The lowest BCUT2D eigenvalue weighted by atomic mass is 10.1. The molecule has 1 aromatic heterocycles. The molecule has 7 nitrogen and oxygen atoms in total. The van der Waals surface area contributed by atoms with Crippen LogP contribution in [0.5, 0.6) is 11.6 Å². The molecule has 162 valence electrons. The van der Waals surface area contributed by atoms with Gasteiger partial charge in [-0.05, 0) is 43.4 Å². The first-order valence-electron chi connectivity index (χ1n) is 8.91. The summed E-state index contributed by atoms with van der Waals surface area (Å²) in [5.74, 6) is -1.36. The van der Waals surface area contributed by atoms with Crippen molar-refractivity contribution in [3.8, 4) is 11.6 Å². The van der Waals surface area contributed by atoms with Crippen LogP contribution in [0.1, 0.15) is 16.8 Å². The summed E-state index contributed by atoms with van der Waals surface area (Å²) in [4.78, 5) is 26.3. The maximum atomic E-state index is 13.0. The zero-order chi connectivity index (χ0) is 22.9. The van der Waals surface area contributed by atoms with Crippen LogP contribution in [0, 0.1) is 6.92 Å². The molecule has 11 heteroatoms. The number of carbonyl (C=O) groups is 2. The Hall–Kier alpha value is -3.47. The maximum absolute atomic E-state index is 13.0. The van der Waals surface area contributed by atoms with Crippen molar-refractivity contribution in [2.24, 2.45) is 7.05 Å². The number of thiocarbonyl (C=S) groups is 1. The van der Waals surface area contributed by atoms with Gasteiger partial charge in [0, 0.05) is 13.6 Å². The van der Waals surface area contributed by atoms with Gasteiger partial charge in [0.15, 0.2) is 5.11 Å². The quantitative estimate of drug-likeness (QED) is 0.327. The number of amides is 2. The topological polar surface area (TPSA) is 76.5 Å². The van der Waals surface area contributed by atoms with Crippen LogP contribution in [-0.4, -0.2) is 38.2 Å². The molecule has 0 saturated carbocycles. The van der Waals surface area contributed by atoms with E-state index in [1.54, 1.807) is 6.92 Å². The Morgan fingerprint density at radius 1 is 1.32 bits per heavy atom. The van der Waals surface area contributed by atoms with Gasteiger partial charge in [0.25, 0.3) is 11.8 Å². The first kappa shape index (κ1) is 22.2. The fourth-order valence-electron chi connectivity index (χ4n) is 2.92. The van der Waals surface area contributed by atoms with Gasteiger partial charge in [-0.3, -0.25) is 19.8 Å². The summed E-state index contributed by atoms with van der Waals surface area (Å²) in [6.07, 6.45) is -1.80. The van der Waals surface area contributed by atoms with Crippen LogP contribution >= 0.6 is 12.2 Å². The van der Waals surface area contributed by atoms with Gasteiger partial charge < -0.3 is 4.74 Å². The van der Waals surface area contributed by atoms with E-state index in [1.165, 1.54) is 36.0 Å². The first-order valence-corrected chi connectivity index (χ1v) is 9.32. The van der Waals surface area contributed by atoms with Crippen LogP contribution in [0.15, 0.2) is 42.5 Å². The largest absolute Gasteiger partial charge is 0.439 e. The van der Waals surface area contributed by atoms with Crippen molar-refractivity contribution in [1.82, 2.24) is 20.0 Å². The van der Waals surface area contributed by atoms with Gasteiger partial charge in [-0.2, -0.15) is 18.3 Å². The zero-order valence-corrected chi connectivity index (χ0v) is 17.3. The number of nitrogens with one attached hydrogen (secondary N) is 1. The van der Waals surface area contributed by atoms with Crippen molar-refractivity contribution in [2.75, 3.05) is 6.54 Å². The average Bonchev–Trinajstić information content (AvgIpc) is 2.94. The summed E-state index contributed by atoms with van der Waals surface area (Å²) in [5.41, 5.74) is -0.426. The second kappa shape index (κ2) is 8.34. The fraction of sp³-hybridized carbons (Fsp3) is 0.200. The summed E-state index contributed by atoms with van der Waals surface area (Å²) in [5, 5.41) is 6.57. The molecule has 2 heterocycles. The highest BCUT2D eigenvalue weighted by molar-refractivity contribution is 7.80. The molecule has 2 aromatic rings. The fourth-order valence-corrected chi connectivity index (χ4v) is 3.17. The van der Waals surface area contributed by atoms with Crippen LogP contribution in [0.4, 0.5) is 13.2 Å². The summed E-state index contributed by atoms with van der Waals surface area (Å²) >= 11 is 5.01. The third kappa shape index (κ3) is 4.50. The SMILES string of the molecule is C=CCN1C(=O)/C(=C/c2c(C)nn(C)c2Oc2cccc(C(F)(F)F)c2)C(=O)NC1=S. The Kier molecular flexibility index (Phi) is 5.98. The van der Waals surface area contributed by atoms with E-state index in [9.17, 15) is 22.8 Å². The third-order valence-corrected chi connectivity index (χ3v) is 4.70. The highest BCUT2D eigenvalue weighted by Gasteiger charge is 2.34. The van der Waals surface area contributed by atoms with E-state index in [0.29, 0.717) is 5.69 Å². The number of ether oxygens (including phenoxy) is 1. The van der Waals surface area contributed by atoms with Crippen molar-refractivity contribution in [2.45, 2.75) is 13.1 Å². The molecule has 0 spiro atoms. The number of alkyl halides is 3. The van der Waals surface area contributed by atoms with Crippen LogP contribution in [0.25, 0.3) is 6.08 Å². The van der Waals surface area contributed by atoms with Gasteiger partial charge in [0.05, 0.1) is 16.8 Å². The third-order valence-electron chi connectivity index (χ3n) is 4.38. The van der Waals surface area contributed by atoms with Crippen molar-refractivity contribution < 1.29 is 27.5 Å². The van der Waals surface area contributed by atoms with E-state index >= 15 is 0 Å². The number of halogens is 3.